The second-order valence-electron chi connectivity index (χ2n) is 4.22. The number of carboxylic acids is 1. The van der Waals surface area contributed by atoms with Crippen molar-refractivity contribution in [2.24, 2.45) is 0 Å². The number of fused-ring (bicyclic) bond motifs is 1. The van der Waals surface area contributed by atoms with Crippen LogP contribution < -0.4 is 0 Å². The molecule has 1 saturated carbocycles. The number of carboxylic acid groups (broad SMARTS) is 1. The Hall–Kier alpha value is -1.97. The number of hydrogen-bond donors (Lipinski definition) is 1. The van der Waals surface area contributed by atoms with Crippen molar-refractivity contribution in [1.29, 1.82) is 0 Å². The zero-order valence-corrected chi connectivity index (χ0v) is 8.55. The minimum atomic E-state index is -0.728. The maximum Gasteiger partial charge on any atom is 0.314 e. The second-order valence-corrected chi connectivity index (χ2v) is 4.22. The summed E-state index contributed by atoms with van der Waals surface area (Å²) in [6.07, 6.45) is 4.80. The summed E-state index contributed by atoms with van der Waals surface area (Å²) in [6, 6.07) is 5.69. The fraction of sp³-hybridized carbons (Fsp3) is 0.250. The third-order valence-electron chi connectivity index (χ3n) is 3.26. The van der Waals surface area contributed by atoms with E-state index in [0.29, 0.717) is 0 Å². The number of rotatable bonds is 2. The van der Waals surface area contributed by atoms with Crippen molar-refractivity contribution in [1.82, 2.24) is 10.2 Å². The Morgan fingerprint density at radius 3 is 2.50 bits per heavy atom. The highest BCUT2D eigenvalue weighted by Crippen LogP contribution is 2.48. The van der Waals surface area contributed by atoms with Crippen molar-refractivity contribution in [3.63, 3.8) is 0 Å². The first-order valence-electron chi connectivity index (χ1n) is 5.17. The molecule has 0 amide bonds. The standard InChI is InChI=1S/C12H10N2O2/c15-11(16)12(3-4-12)10-2-1-8-6-13-14-7-9(8)5-10/h1-2,5-7H,3-4H2,(H,15,16). The molecule has 0 radical (unpaired) electrons. The molecule has 3 rings (SSSR count). The van der Waals surface area contributed by atoms with E-state index in [9.17, 15) is 9.90 Å². The van der Waals surface area contributed by atoms with Gasteiger partial charge in [-0.2, -0.15) is 10.2 Å². The molecule has 1 fully saturated rings. The minimum absolute atomic E-state index is 0.641. The first-order chi connectivity index (χ1) is 7.72. The molecule has 1 aromatic heterocycles. The molecule has 80 valence electrons. The van der Waals surface area contributed by atoms with Gasteiger partial charge < -0.3 is 5.11 Å². The van der Waals surface area contributed by atoms with E-state index in [0.717, 1.165) is 29.2 Å². The van der Waals surface area contributed by atoms with Gasteiger partial charge in [-0.05, 0) is 24.5 Å². The summed E-state index contributed by atoms with van der Waals surface area (Å²) in [6.45, 7) is 0. The van der Waals surface area contributed by atoms with Gasteiger partial charge in [-0.1, -0.05) is 12.1 Å². The van der Waals surface area contributed by atoms with Gasteiger partial charge in [0.15, 0.2) is 0 Å². The Morgan fingerprint density at radius 2 is 1.88 bits per heavy atom. The lowest BCUT2D eigenvalue weighted by molar-refractivity contribution is -0.140. The minimum Gasteiger partial charge on any atom is -0.481 e. The van der Waals surface area contributed by atoms with Crippen LogP contribution in [0.4, 0.5) is 0 Å². The van der Waals surface area contributed by atoms with Gasteiger partial charge in [0.2, 0.25) is 0 Å². The Labute approximate surface area is 91.9 Å². The molecular formula is C12H10N2O2. The third kappa shape index (κ3) is 1.19. The van der Waals surface area contributed by atoms with Gasteiger partial charge >= 0.3 is 5.97 Å². The van der Waals surface area contributed by atoms with Gasteiger partial charge in [-0.15, -0.1) is 0 Å². The average molecular weight is 214 g/mol. The molecule has 1 aliphatic rings. The molecule has 16 heavy (non-hydrogen) atoms. The van der Waals surface area contributed by atoms with Gasteiger partial charge in [0.1, 0.15) is 0 Å². The van der Waals surface area contributed by atoms with Crippen LogP contribution in [0.25, 0.3) is 10.8 Å². The zero-order chi connectivity index (χ0) is 11.2. The monoisotopic (exact) mass is 214 g/mol. The average Bonchev–Trinajstić information content (AvgIpc) is 3.09. The molecule has 0 spiro atoms. The van der Waals surface area contributed by atoms with E-state index in [1.54, 1.807) is 12.4 Å². The number of nitrogens with zero attached hydrogens (tertiary/aromatic N) is 2. The lowest BCUT2D eigenvalue weighted by Gasteiger charge is -2.10. The Morgan fingerprint density at radius 1 is 1.19 bits per heavy atom. The normalized spacial score (nSPS) is 17.2. The van der Waals surface area contributed by atoms with Crippen molar-refractivity contribution in [3.8, 4) is 0 Å². The topological polar surface area (TPSA) is 63.1 Å². The predicted octanol–water partition coefficient (Wildman–Crippen LogP) is 1.75. The predicted molar refractivity (Wildman–Crippen MR) is 58.1 cm³/mol. The van der Waals surface area contributed by atoms with Crippen molar-refractivity contribution in [2.75, 3.05) is 0 Å². The lowest BCUT2D eigenvalue weighted by Crippen LogP contribution is -2.19. The van der Waals surface area contributed by atoms with E-state index in [1.807, 2.05) is 18.2 Å². The molecule has 0 bridgehead atoms. The number of hydrogen-bond acceptors (Lipinski definition) is 3. The quantitative estimate of drug-likeness (QED) is 0.827. The largest absolute Gasteiger partial charge is 0.481 e. The molecule has 0 saturated heterocycles. The lowest BCUT2D eigenvalue weighted by atomic mass is 9.94. The van der Waals surface area contributed by atoms with Crippen molar-refractivity contribution in [3.05, 3.63) is 36.2 Å². The van der Waals surface area contributed by atoms with E-state index >= 15 is 0 Å². The van der Waals surface area contributed by atoms with E-state index in [2.05, 4.69) is 10.2 Å². The van der Waals surface area contributed by atoms with Gasteiger partial charge in [0, 0.05) is 10.8 Å². The Balaban J connectivity index is 2.16. The highest BCUT2D eigenvalue weighted by atomic mass is 16.4. The van der Waals surface area contributed by atoms with E-state index in [-0.39, 0.29) is 0 Å². The van der Waals surface area contributed by atoms with E-state index in [4.69, 9.17) is 0 Å². The van der Waals surface area contributed by atoms with Crippen molar-refractivity contribution >= 4 is 16.7 Å². The maximum absolute atomic E-state index is 11.2. The van der Waals surface area contributed by atoms with Crippen LogP contribution in [0.5, 0.6) is 0 Å². The van der Waals surface area contributed by atoms with Crippen molar-refractivity contribution in [2.45, 2.75) is 18.3 Å². The molecule has 4 nitrogen and oxygen atoms in total. The molecular weight excluding hydrogens is 204 g/mol. The molecule has 1 heterocycles. The first-order valence-corrected chi connectivity index (χ1v) is 5.17. The summed E-state index contributed by atoms with van der Waals surface area (Å²) in [4.78, 5) is 11.2. The smallest absolute Gasteiger partial charge is 0.314 e. The third-order valence-corrected chi connectivity index (χ3v) is 3.26. The Kier molecular flexibility index (Phi) is 1.74. The summed E-state index contributed by atoms with van der Waals surface area (Å²) < 4.78 is 0. The van der Waals surface area contributed by atoms with Gasteiger partial charge in [0.25, 0.3) is 0 Å². The van der Waals surface area contributed by atoms with Crippen LogP contribution >= 0.6 is 0 Å². The van der Waals surface area contributed by atoms with Crippen LogP contribution in [-0.2, 0) is 10.2 Å². The van der Waals surface area contributed by atoms with E-state index in [1.165, 1.54) is 0 Å². The summed E-state index contributed by atoms with van der Waals surface area (Å²) in [7, 11) is 0. The fourth-order valence-corrected chi connectivity index (χ4v) is 2.04. The molecule has 4 heteroatoms. The van der Waals surface area contributed by atoms with Crippen LogP contribution in [-0.4, -0.2) is 21.3 Å². The fourth-order valence-electron chi connectivity index (χ4n) is 2.04. The molecule has 2 aromatic rings. The molecule has 1 aliphatic carbocycles. The SMILES string of the molecule is O=C(O)C1(c2ccc3cnncc3c2)CC1. The zero-order valence-electron chi connectivity index (χ0n) is 8.55. The number of benzene rings is 1. The van der Waals surface area contributed by atoms with Crippen molar-refractivity contribution < 1.29 is 9.90 Å². The maximum atomic E-state index is 11.2. The van der Waals surface area contributed by atoms with Crippen LogP contribution in [0, 0.1) is 0 Å². The summed E-state index contributed by atoms with van der Waals surface area (Å²) >= 11 is 0. The van der Waals surface area contributed by atoms with Crippen LogP contribution in [0.1, 0.15) is 18.4 Å². The summed E-state index contributed by atoms with van der Waals surface area (Å²) in [5.41, 5.74) is 0.234. The van der Waals surface area contributed by atoms with Gasteiger partial charge in [-0.25, -0.2) is 0 Å². The number of aliphatic carboxylic acids is 1. The summed E-state index contributed by atoms with van der Waals surface area (Å²) in [5, 5.41) is 18.7. The van der Waals surface area contributed by atoms with Crippen LogP contribution in [0.2, 0.25) is 0 Å². The highest BCUT2D eigenvalue weighted by Gasteiger charge is 2.51. The Bertz CT molecular complexity index is 576. The molecule has 0 atom stereocenters. The van der Waals surface area contributed by atoms with E-state index < -0.39 is 11.4 Å². The van der Waals surface area contributed by atoms with Gasteiger partial charge in [-0.3, -0.25) is 4.79 Å². The first kappa shape index (κ1) is 9.27. The van der Waals surface area contributed by atoms with Crippen LogP contribution in [0.3, 0.4) is 0 Å². The highest BCUT2D eigenvalue weighted by molar-refractivity contribution is 5.88. The molecule has 0 unspecified atom stereocenters. The molecule has 1 aromatic carbocycles. The second kappa shape index (κ2) is 3.01. The van der Waals surface area contributed by atoms with Crippen LogP contribution in [0.15, 0.2) is 30.6 Å². The number of aromatic nitrogens is 2. The number of carbonyl (C=O) groups is 1. The molecule has 0 aliphatic heterocycles. The van der Waals surface area contributed by atoms with Gasteiger partial charge in [0.05, 0.1) is 17.8 Å². The molecule has 1 N–H and O–H groups in total. The summed E-state index contributed by atoms with van der Waals surface area (Å²) in [5.74, 6) is -0.728.